The molecule has 1 atom stereocenters. The van der Waals surface area contributed by atoms with Crippen molar-refractivity contribution in [1.82, 2.24) is 10.3 Å². The second-order valence-corrected chi connectivity index (χ2v) is 4.13. The second-order valence-electron chi connectivity index (χ2n) is 4.13. The lowest BCUT2D eigenvalue weighted by molar-refractivity contribution is 0.648. The van der Waals surface area contributed by atoms with E-state index in [1.54, 1.807) is 0 Å². The van der Waals surface area contributed by atoms with Gasteiger partial charge in [0, 0.05) is 23.8 Å². The number of fused-ring (bicyclic) bond motifs is 1. The van der Waals surface area contributed by atoms with Crippen LogP contribution < -0.4 is 5.32 Å². The van der Waals surface area contributed by atoms with E-state index in [2.05, 4.69) is 34.6 Å². The highest BCUT2D eigenvalue weighted by Gasteiger charge is 2.15. The van der Waals surface area contributed by atoms with Gasteiger partial charge in [0.1, 0.15) is 0 Å². The molecular weight excluding hydrogens is 184 g/mol. The molecule has 0 aliphatic carbocycles. The van der Waals surface area contributed by atoms with E-state index >= 15 is 0 Å². The molecule has 3 rings (SSSR count). The number of benzene rings is 1. The molecule has 15 heavy (non-hydrogen) atoms. The SMILES string of the molecule is c1cc2cc(C3CCCN3)ccc2cn1. The maximum absolute atomic E-state index is 4.12. The van der Waals surface area contributed by atoms with Gasteiger partial charge in [-0.25, -0.2) is 0 Å². The number of hydrogen-bond acceptors (Lipinski definition) is 2. The number of aromatic nitrogens is 1. The summed E-state index contributed by atoms with van der Waals surface area (Å²) in [6.07, 6.45) is 6.32. The topological polar surface area (TPSA) is 24.9 Å². The van der Waals surface area contributed by atoms with E-state index in [9.17, 15) is 0 Å². The summed E-state index contributed by atoms with van der Waals surface area (Å²) in [6, 6.07) is 9.29. The van der Waals surface area contributed by atoms with E-state index in [4.69, 9.17) is 0 Å². The van der Waals surface area contributed by atoms with Crippen LogP contribution in [0.4, 0.5) is 0 Å². The van der Waals surface area contributed by atoms with Gasteiger partial charge >= 0.3 is 0 Å². The molecule has 0 amide bonds. The smallest absolute Gasteiger partial charge is 0.0346 e. The number of nitrogens with one attached hydrogen (secondary N) is 1. The molecule has 2 aromatic rings. The molecule has 1 aromatic carbocycles. The Bertz CT molecular complexity index is 473. The molecule has 2 heterocycles. The van der Waals surface area contributed by atoms with E-state index < -0.39 is 0 Å². The summed E-state index contributed by atoms with van der Waals surface area (Å²) < 4.78 is 0. The van der Waals surface area contributed by atoms with Gasteiger partial charge in [-0.15, -0.1) is 0 Å². The summed E-state index contributed by atoms with van der Waals surface area (Å²) in [4.78, 5) is 4.12. The van der Waals surface area contributed by atoms with Crippen molar-refractivity contribution in [2.45, 2.75) is 18.9 Å². The van der Waals surface area contributed by atoms with Crippen molar-refractivity contribution in [3.05, 3.63) is 42.2 Å². The predicted molar refractivity (Wildman–Crippen MR) is 61.7 cm³/mol. The standard InChI is InChI=1S/C13H14N2/c1-2-13(15-6-1)11-3-4-12-9-14-7-5-10(12)8-11/h3-5,7-9,13,15H,1-2,6H2. The Labute approximate surface area is 89.3 Å². The first-order valence-electron chi connectivity index (χ1n) is 5.50. The molecule has 76 valence electrons. The van der Waals surface area contributed by atoms with Gasteiger partial charge in [0.25, 0.3) is 0 Å². The highest BCUT2D eigenvalue weighted by Crippen LogP contribution is 2.25. The van der Waals surface area contributed by atoms with Gasteiger partial charge in [0.2, 0.25) is 0 Å². The Hall–Kier alpha value is -1.41. The van der Waals surface area contributed by atoms with Crippen LogP contribution in [0.5, 0.6) is 0 Å². The van der Waals surface area contributed by atoms with Crippen molar-refractivity contribution in [3.63, 3.8) is 0 Å². The van der Waals surface area contributed by atoms with Crippen LogP contribution in [-0.4, -0.2) is 11.5 Å². The molecular formula is C13H14N2. The lowest BCUT2D eigenvalue weighted by Gasteiger charge is -2.11. The first-order chi connectivity index (χ1) is 7.43. The molecule has 2 heteroatoms. The molecule has 1 N–H and O–H groups in total. The Balaban J connectivity index is 2.05. The van der Waals surface area contributed by atoms with Gasteiger partial charge in [0.05, 0.1) is 0 Å². The normalized spacial score (nSPS) is 20.9. The van der Waals surface area contributed by atoms with Crippen LogP contribution in [0.3, 0.4) is 0 Å². The first-order valence-corrected chi connectivity index (χ1v) is 5.50. The average Bonchev–Trinajstić information content (AvgIpc) is 2.82. The quantitative estimate of drug-likeness (QED) is 0.762. The van der Waals surface area contributed by atoms with Crippen molar-refractivity contribution in [1.29, 1.82) is 0 Å². The van der Waals surface area contributed by atoms with Crippen LogP contribution in [0, 0.1) is 0 Å². The minimum absolute atomic E-state index is 0.558. The monoisotopic (exact) mass is 198 g/mol. The lowest BCUT2D eigenvalue weighted by Crippen LogP contribution is -2.12. The fourth-order valence-electron chi connectivity index (χ4n) is 2.29. The fourth-order valence-corrected chi connectivity index (χ4v) is 2.29. The number of hydrogen-bond donors (Lipinski definition) is 1. The van der Waals surface area contributed by atoms with Crippen LogP contribution in [0.2, 0.25) is 0 Å². The number of pyridine rings is 1. The van der Waals surface area contributed by atoms with Crippen LogP contribution in [0.15, 0.2) is 36.7 Å². The number of rotatable bonds is 1. The van der Waals surface area contributed by atoms with E-state index in [1.165, 1.54) is 29.2 Å². The molecule has 1 aromatic heterocycles. The molecule has 0 saturated carbocycles. The van der Waals surface area contributed by atoms with Crippen molar-refractivity contribution >= 4 is 10.8 Å². The van der Waals surface area contributed by atoms with E-state index in [0.29, 0.717) is 6.04 Å². The summed E-state index contributed by atoms with van der Waals surface area (Å²) in [5.41, 5.74) is 1.41. The zero-order valence-corrected chi connectivity index (χ0v) is 8.61. The zero-order chi connectivity index (χ0) is 10.1. The minimum atomic E-state index is 0.558. The van der Waals surface area contributed by atoms with Crippen LogP contribution in [0.1, 0.15) is 24.4 Å². The van der Waals surface area contributed by atoms with Gasteiger partial charge in [-0.2, -0.15) is 0 Å². The number of nitrogens with zero attached hydrogens (tertiary/aromatic N) is 1. The Morgan fingerprint density at radius 1 is 1.20 bits per heavy atom. The summed E-state index contributed by atoms with van der Waals surface area (Å²) in [5.74, 6) is 0. The second kappa shape index (κ2) is 3.63. The Kier molecular flexibility index (Phi) is 2.14. The van der Waals surface area contributed by atoms with Crippen LogP contribution in [0.25, 0.3) is 10.8 Å². The molecule has 1 aliphatic heterocycles. The summed E-state index contributed by atoms with van der Waals surface area (Å²) in [7, 11) is 0. The maximum Gasteiger partial charge on any atom is 0.0346 e. The van der Waals surface area contributed by atoms with Crippen molar-refractivity contribution < 1.29 is 0 Å². The van der Waals surface area contributed by atoms with Crippen molar-refractivity contribution in [2.24, 2.45) is 0 Å². The van der Waals surface area contributed by atoms with Gasteiger partial charge in [-0.05, 0) is 42.5 Å². The maximum atomic E-state index is 4.12. The van der Waals surface area contributed by atoms with E-state index in [-0.39, 0.29) is 0 Å². The fraction of sp³-hybridized carbons (Fsp3) is 0.308. The lowest BCUT2D eigenvalue weighted by atomic mass is 10.0. The highest BCUT2D eigenvalue weighted by atomic mass is 14.9. The summed E-state index contributed by atoms with van der Waals surface area (Å²) in [6.45, 7) is 1.15. The zero-order valence-electron chi connectivity index (χ0n) is 8.61. The highest BCUT2D eigenvalue weighted by molar-refractivity contribution is 5.82. The molecule has 1 saturated heterocycles. The molecule has 0 radical (unpaired) electrons. The van der Waals surface area contributed by atoms with Gasteiger partial charge in [-0.1, -0.05) is 12.1 Å². The molecule has 1 aliphatic rings. The Morgan fingerprint density at radius 2 is 2.20 bits per heavy atom. The molecule has 2 nitrogen and oxygen atoms in total. The van der Waals surface area contributed by atoms with Crippen LogP contribution >= 0.6 is 0 Å². The molecule has 1 fully saturated rings. The third-order valence-corrected chi connectivity index (χ3v) is 3.13. The molecule has 1 unspecified atom stereocenters. The van der Waals surface area contributed by atoms with Gasteiger partial charge < -0.3 is 5.32 Å². The van der Waals surface area contributed by atoms with Crippen LogP contribution in [-0.2, 0) is 0 Å². The van der Waals surface area contributed by atoms with E-state index in [1.807, 2.05) is 12.4 Å². The van der Waals surface area contributed by atoms with Gasteiger partial charge in [-0.3, -0.25) is 4.98 Å². The Morgan fingerprint density at radius 3 is 3.07 bits per heavy atom. The van der Waals surface area contributed by atoms with Crippen molar-refractivity contribution in [3.8, 4) is 0 Å². The van der Waals surface area contributed by atoms with Gasteiger partial charge in [0.15, 0.2) is 0 Å². The molecule has 0 bridgehead atoms. The summed E-state index contributed by atoms with van der Waals surface area (Å²) >= 11 is 0. The van der Waals surface area contributed by atoms with E-state index in [0.717, 1.165) is 6.54 Å². The predicted octanol–water partition coefficient (Wildman–Crippen LogP) is 2.66. The largest absolute Gasteiger partial charge is 0.310 e. The summed E-state index contributed by atoms with van der Waals surface area (Å²) in [5, 5.41) is 6.03. The van der Waals surface area contributed by atoms with Crippen molar-refractivity contribution in [2.75, 3.05) is 6.54 Å². The first kappa shape index (κ1) is 8.86. The molecule has 0 spiro atoms. The average molecular weight is 198 g/mol. The third-order valence-electron chi connectivity index (χ3n) is 3.13. The minimum Gasteiger partial charge on any atom is -0.310 e. The third kappa shape index (κ3) is 1.61.